The molecule has 6 heteroatoms. The largest absolute Gasteiger partial charge is 0.436 e. The highest BCUT2D eigenvalue weighted by Crippen LogP contribution is 2.30. The molecule has 0 radical (unpaired) electrons. The average molecular weight is 224 g/mol. The summed E-state index contributed by atoms with van der Waals surface area (Å²) in [6.45, 7) is 4.73. The summed E-state index contributed by atoms with van der Waals surface area (Å²) < 4.78 is 6.97. The molecule has 1 fully saturated rings. The molecule has 1 saturated heterocycles. The lowest BCUT2D eigenvalue weighted by Crippen LogP contribution is -2.33. The van der Waals surface area contributed by atoms with E-state index in [-0.39, 0.29) is 18.2 Å². The molecule has 2 rings (SSSR count). The predicted molar refractivity (Wildman–Crippen MR) is 56.7 cm³/mol. The van der Waals surface area contributed by atoms with E-state index in [0.29, 0.717) is 12.4 Å². The van der Waals surface area contributed by atoms with E-state index in [4.69, 9.17) is 4.74 Å². The number of amides is 1. The second-order valence-corrected chi connectivity index (χ2v) is 3.98. The number of hydrogen-bond acceptors (Lipinski definition) is 4. The maximum atomic E-state index is 11.6. The molecule has 0 spiro atoms. The Kier molecular flexibility index (Phi) is 2.80. The van der Waals surface area contributed by atoms with E-state index in [0.717, 1.165) is 6.42 Å². The van der Waals surface area contributed by atoms with Gasteiger partial charge in [0.05, 0.1) is 6.04 Å². The first-order valence-corrected chi connectivity index (χ1v) is 5.46. The number of carbonyl (C=O) groups excluding carboxylic acids is 1. The molecule has 88 valence electrons. The third-order valence-corrected chi connectivity index (χ3v) is 2.86. The summed E-state index contributed by atoms with van der Waals surface area (Å²) in [5, 5.41) is 3.99. The topological polar surface area (TPSA) is 60.3 Å². The molecule has 2 atom stereocenters. The van der Waals surface area contributed by atoms with Crippen LogP contribution in [0.3, 0.4) is 0 Å². The second kappa shape index (κ2) is 4.11. The van der Waals surface area contributed by atoms with Gasteiger partial charge in [-0.05, 0) is 13.3 Å². The van der Waals surface area contributed by atoms with Crippen LogP contribution in [0, 0.1) is 0 Å². The summed E-state index contributed by atoms with van der Waals surface area (Å²) >= 11 is 0. The fourth-order valence-corrected chi connectivity index (χ4v) is 1.97. The molecule has 0 aromatic carbocycles. The van der Waals surface area contributed by atoms with Gasteiger partial charge in [-0.15, -0.1) is 0 Å². The summed E-state index contributed by atoms with van der Waals surface area (Å²) in [6, 6.07) is 0.00958. The van der Waals surface area contributed by atoms with Crippen molar-refractivity contribution in [2.24, 2.45) is 7.05 Å². The molecule has 0 aliphatic carbocycles. The molecule has 1 aliphatic rings. The Morgan fingerprint density at radius 3 is 2.88 bits per heavy atom. The molecule has 0 unspecified atom stereocenters. The van der Waals surface area contributed by atoms with Crippen LogP contribution in [-0.4, -0.2) is 38.3 Å². The van der Waals surface area contributed by atoms with E-state index in [1.54, 1.807) is 16.6 Å². The van der Waals surface area contributed by atoms with Crippen molar-refractivity contribution in [1.82, 2.24) is 19.7 Å². The quantitative estimate of drug-likeness (QED) is 0.771. The number of carbonyl (C=O) groups is 1. The highest BCUT2D eigenvalue weighted by atomic mass is 16.6. The standard InChI is InChI=1S/C10H16N4O2/c1-4-5-14-7(2)8(16-10(14)15)9-11-6-12-13(9)3/h6-8H,4-5H2,1-3H3/t7-,8-/m1/s1. The van der Waals surface area contributed by atoms with Crippen LogP contribution >= 0.6 is 0 Å². The third-order valence-electron chi connectivity index (χ3n) is 2.86. The van der Waals surface area contributed by atoms with Crippen molar-refractivity contribution >= 4 is 6.09 Å². The number of hydrogen-bond donors (Lipinski definition) is 0. The van der Waals surface area contributed by atoms with Crippen LogP contribution in [0.2, 0.25) is 0 Å². The number of ether oxygens (including phenoxy) is 1. The van der Waals surface area contributed by atoms with Crippen molar-refractivity contribution in [2.75, 3.05) is 6.54 Å². The summed E-state index contributed by atoms with van der Waals surface area (Å²) in [7, 11) is 1.80. The van der Waals surface area contributed by atoms with E-state index in [1.807, 2.05) is 13.8 Å². The first-order valence-electron chi connectivity index (χ1n) is 5.46. The smallest absolute Gasteiger partial charge is 0.410 e. The van der Waals surface area contributed by atoms with Gasteiger partial charge in [-0.3, -0.25) is 0 Å². The lowest BCUT2D eigenvalue weighted by Gasteiger charge is -2.19. The second-order valence-electron chi connectivity index (χ2n) is 3.98. The molecule has 6 nitrogen and oxygen atoms in total. The molecule has 1 aromatic heterocycles. The van der Waals surface area contributed by atoms with Gasteiger partial charge in [-0.2, -0.15) is 5.10 Å². The van der Waals surface area contributed by atoms with Gasteiger partial charge in [-0.25, -0.2) is 14.5 Å². The van der Waals surface area contributed by atoms with Crippen LogP contribution < -0.4 is 0 Å². The van der Waals surface area contributed by atoms with E-state index in [2.05, 4.69) is 10.1 Å². The number of nitrogens with zero attached hydrogens (tertiary/aromatic N) is 4. The third kappa shape index (κ3) is 1.64. The minimum absolute atomic E-state index is 0.00958. The Bertz CT molecular complexity index is 390. The molecular weight excluding hydrogens is 208 g/mol. The zero-order valence-corrected chi connectivity index (χ0v) is 9.75. The predicted octanol–water partition coefficient (Wildman–Crippen LogP) is 1.11. The first-order chi connectivity index (χ1) is 7.65. The molecule has 2 heterocycles. The van der Waals surface area contributed by atoms with E-state index < -0.39 is 0 Å². The fraction of sp³-hybridized carbons (Fsp3) is 0.700. The highest BCUT2D eigenvalue weighted by Gasteiger charge is 2.41. The molecule has 1 amide bonds. The van der Waals surface area contributed by atoms with Crippen molar-refractivity contribution in [1.29, 1.82) is 0 Å². The highest BCUT2D eigenvalue weighted by molar-refractivity contribution is 5.70. The first kappa shape index (κ1) is 10.9. The van der Waals surface area contributed by atoms with Crippen molar-refractivity contribution in [3.8, 4) is 0 Å². The summed E-state index contributed by atoms with van der Waals surface area (Å²) in [4.78, 5) is 17.5. The molecule has 0 N–H and O–H groups in total. The zero-order valence-electron chi connectivity index (χ0n) is 9.75. The van der Waals surface area contributed by atoms with Crippen LogP contribution in [0.15, 0.2) is 6.33 Å². The lowest BCUT2D eigenvalue weighted by atomic mass is 10.1. The summed E-state index contributed by atoms with van der Waals surface area (Å²) in [6.07, 6.45) is 1.82. The van der Waals surface area contributed by atoms with E-state index >= 15 is 0 Å². The SMILES string of the molecule is CCCN1C(=O)O[C@@H](c2ncnn2C)[C@H]1C. The van der Waals surface area contributed by atoms with Crippen molar-refractivity contribution < 1.29 is 9.53 Å². The monoisotopic (exact) mass is 224 g/mol. The maximum Gasteiger partial charge on any atom is 0.410 e. The van der Waals surface area contributed by atoms with E-state index in [1.165, 1.54) is 6.33 Å². The lowest BCUT2D eigenvalue weighted by molar-refractivity contribution is 0.124. The van der Waals surface area contributed by atoms with Gasteiger partial charge >= 0.3 is 6.09 Å². The van der Waals surface area contributed by atoms with Gasteiger partial charge < -0.3 is 9.64 Å². The molecule has 0 saturated carbocycles. The minimum Gasteiger partial charge on any atom is -0.436 e. The molecule has 16 heavy (non-hydrogen) atoms. The molecule has 1 aliphatic heterocycles. The Morgan fingerprint density at radius 2 is 2.31 bits per heavy atom. The van der Waals surface area contributed by atoms with Crippen molar-refractivity contribution in [3.05, 3.63) is 12.2 Å². The Balaban J connectivity index is 2.20. The van der Waals surface area contributed by atoms with Crippen LogP contribution in [0.1, 0.15) is 32.2 Å². The Morgan fingerprint density at radius 1 is 1.56 bits per heavy atom. The van der Waals surface area contributed by atoms with Gasteiger partial charge in [-0.1, -0.05) is 6.92 Å². The Hall–Kier alpha value is -1.59. The molecular formula is C10H16N4O2. The maximum absolute atomic E-state index is 11.6. The van der Waals surface area contributed by atoms with Gasteiger partial charge in [0.25, 0.3) is 0 Å². The fourth-order valence-electron chi connectivity index (χ4n) is 1.97. The van der Waals surface area contributed by atoms with E-state index in [9.17, 15) is 4.79 Å². The summed E-state index contributed by atoms with van der Waals surface area (Å²) in [5.41, 5.74) is 0. The zero-order chi connectivity index (χ0) is 11.7. The minimum atomic E-state index is -0.313. The average Bonchev–Trinajstić information content (AvgIpc) is 2.77. The normalized spacial score (nSPS) is 24.9. The van der Waals surface area contributed by atoms with Gasteiger partial charge in [0.2, 0.25) is 0 Å². The number of cyclic esters (lactones) is 1. The van der Waals surface area contributed by atoms with Crippen LogP contribution in [0.4, 0.5) is 4.79 Å². The van der Waals surface area contributed by atoms with Crippen LogP contribution in [0.25, 0.3) is 0 Å². The van der Waals surface area contributed by atoms with Gasteiger partial charge in [0.1, 0.15) is 6.33 Å². The summed E-state index contributed by atoms with van der Waals surface area (Å²) in [5.74, 6) is 0.694. The van der Waals surface area contributed by atoms with Gasteiger partial charge in [0.15, 0.2) is 11.9 Å². The van der Waals surface area contributed by atoms with Crippen LogP contribution in [0.5, 0.6) is 0 Å². The van der Waals surface area contributed by atoms with Crippen molar-refractivity contribution in [3.63, 3.8) is 0 Å². The molecule has 0 bridgehead atoms. The number of aromatic nitrogens is 3. The van der Waals surface area contributed by atoms with Gasteiger partial charge in [0, 0.05) is 13.6 Å². The number of aryl methyl sites for hydroxylation is 1. The molecule has 1 aromatic rings. The van der Waals surface area contributed by atoms with Crippen LogP contribution in [-0.2, 0) is 11.8 Å². The van der Waals surface area contributed by atoms with Crippen molar-refractivity contribution in [2.45, 2.75) is 32.4 Å². The number of rotatable bonds is 3. The Labute approximate surface area is 94.2 Å².